The molecule has 13 heteroatoms. The molecular formula is C22H23N5O6S2. The highest BCUT2D eigenvalue weighted by molar-refractivity contribution is 7.93. The van der Waals surface area contributed by atoms with Crippen LogP contribution in [0.1, 0.15) is 18.4 Å². The monoisotopic (exact) mass is 517 g/mol. The number of anilines is 3. The van der Waals surface area contributed by atoms with Crippen molar-refractivity contribution in [2.24, 2.45) is 10.9 Å². The first-order chi connectivity index (χ1) is 16.5. The highest BCUT2D eigenvalue weighted by Gasteiger charge is 2.20. The normalized spacial score (nSPS) is 12.7. The number of nitrogens with zero attached hydrogens (tertiary/aromatic N) is 1. The summed E-state index contributed by atoms with van der Waals surface area (Å²) in [6.45, 7) is 1.49. The number of rotatable bonds is 10. The van der Waals surface area contributed by atoms with Crippen LogP contribution in [0.25, 0.3) is 0 Å². The van der Waals surface area contributed by atoms with E-state index in [1.54, 1.807) is 18.2 Å². The van der Waals surface area contributed by atoms with Crippen molar-refractivity contribution < 1.29 is 26.7 Å². The maximum atomic E-state index is 12.9. The van der Waals surface area contributed by atoms with Gasteiger partial charge in [-0.05, 0) is 61.0 Å². The average molecular weight is 518 g/mol. The molecule has 0 saturated heterocycles. The standard InChI is InChI=1S/C22H23N5O6S2/c1-15(22(28)29)16-5-2-7-18(11-16)26-35(32,33)21-10-4-8-19(13-21)27-34(30,31)20-9-3-6-17(12-20)24-14-25-23/h2-15,26-27H,23H2,1H3,(H,24,25)(H,28,29). The van der Waals surface area contributed by atoms with Crippen LogP contribution in [0, 0.1) is 0 Å². The van der Waals surface area contributed by atoms with E-state index in [1.807, 2.05) is 0 Å². The average Bonchev–Trinajstić information content (AvgIpc) is 2.82. The summed E-state index contributed by atoms with van der Waals surface area (Å²) in [4.78, 5) is 11.0. The number of hydrogen-bond acceptors (Lipinski definition) is 7. The molecule has 0 fully saturated rings. The van der Waals surface area contributed by atoms with Crippen molar-refractivity contribution in [1.82, 2.24) is 0 Å². The summed E-state index contributed by atoms with van der Waals surface area (Å²) < 4.78 is 56.2. The summed E-state index contributed by atoms with van der Waals surface area (Å²) in [6, 6.07) is 17.2. The van der Waals surface area contributed by atoms with E-state index in [-0.39, 0.29) is 21.2 Å². The molecule has 0 radical (unpaired) electrons. The van der Waals surface area contributed by atoms with Crippen LogP contribution in [0.3, 0.4) is 0 Å². The van der Waals surface area contributed by atoms with Crippen molar-refractivity contribution in [2.45, 2.75) is 22.6 Å². The molecule has 3 aromatic carbocycles. The Morgan fingerprint density at radius 2 is 1.34 bits per heavy atom. The van der Waals surface area contributed by atoms with Crippen molar-refractivity contribution in [2.75, 3.05) is 14.8 Å². The molecule has 6 N–H and O–H groups in total. The summed E-state index contributed by atoms with van der Waals surface area (Å²) >= 11 is 0. The van der Waals surface area contributed by atoms with Gasteiger partial charge in [0.25, 0.3) is 20.0 Å². The maximum absolute atomic E-state index is 12.9. The van der Waals surface area contributed by atoms with Gasteiger partial charge in [0, 0.05) is 11.4 Å². The lowest BCUT2D eigenvalue weighted by Gasteiger charge is -2.13. The van der Waals surface area contributed by atoms with Crippen LogP contribution in [0.5, 0.6) is 0 Å². The number of carboxylic acid groups (broad SMARTS) is 1. The zero-order chi connectivity index (χ0) is 25.6. The second-order valence-corrected chi connectivity index (χ2v) is 10.7. The van der Waals surface area contributed by atoms with Crippen LogP contribution < -0.4 is 20.6 Å². The molecule has 11 nitrogen and oxygen atoms in total. The van der Waals surface area contributed by atoms with E-state index in [1.165, 1.54) is 67.9 Å². The van der Waals surface area contributed by atoms with Crippen LogP contribution in [-0.2, 0) is 24.8 Å². The largest absolute Gasteiger partial charge is 0.481 e. The minimum Gasteiger partial charge on any atom is -0.481 e. The lowest BCUT2D eigenvalue weighted by Crippen LogP contribution is -2.16. The molecule has 3 rings (SSSR count). The molecular weight excluding hydrogens is 494 g/mol. The Bertz CT molecular complexity index is 1470. The van der Waals surface area contributed by atoms with Gasteiger partial charge < -0.3 is 16.3 Å². The number of benzene rings is 3. The first kappa shape index (κ1) is 25.5. The second kappa shape index (κ2) is 10.4. The number of hydrogen-bond donors (Lipinski definition) is 5. The summed E-state index contributed by atoms with van der Waals surface area (Å²) in [5, 5.41) is 15.2. The molecule has 0 spiro atoms. The molecule has 0 bridgehead atoms. The molecule has 0 heterocycles. The minimum atomic E-state index is -4.10. The van der Waals surface area contributed by atoms with Crippen LogP contribution in [0.2, 0.25) is 0 Å². The molecule has 3 aromatic rings. The number of nitrogens with one attached hydrogen (secondary N) is 3. The van der Waals surface area contributed by atoms with Crippen LogP contribution >= 0.6 is 0 Å². The number of carbonyl (C=O) groups is 1. The predicted octanol–water partition coefficient (Wildman–Crippen LogP) is 2.79. The first-order valence-corrected chi connectivity index (χ1v) is 13.1. The van der Waals surface area contributed by atoms with Gasteiger partial charge in [-0.1, -0.05) is 24.3 Å². The van der Waals surface area contributed by atoms with Gasteiger partial charge in [0.2, 0.25) is 0 Å². The Balaban J connectivity index is 1.83. The molecule has 0 aliphatic carbocycles. The number of sulfonamides is 2. The van der Waals surface area contributed by atoms with Gasteiger partial charge >= 0.3 is 5.97 Å². The van der Waals surface area contributed by atoms with Crippen LogP contribution in [0.15, 0.2) is 87.7 Å². The van der Waals surface area contributed by atoms with Crippen molar-refractivity contribution in [3.05, 3.63) is 78.4 Å². The fourth-order valence-electron chi connectivity index (χ4n) is 3.03. The maximum Gasteiger partial charge on any atom is 0.310 e. The number of nitrogens with two attached hydrogens (primary N) is 1. The van der Waals surface area contributed by atoms with Gasteiger partial charge in [0.05, 0.1) is 21.4 Å². The Morgan fingerprint density at radius 3 is 1.89 bits per heavy atom. The summed E-state index contributed by atoms with van der Waals surface area (Å²) in [5.41, 5.74) is 1.06. The smallest absolute Gasteiger partial charge is 0.310 e. The SMILES string of the molecule is CC(C(=O)O)c1cccc(NS(=O)(=O)c2cccc(NS(=O)(=O)c3cccc(NC=NN)c3)c2)c1. The molecule has 0 amide bonds. The number of aliphatic carboxylic acids is 1. The van der Waals surface area contributed by atoms with Gasteiger partial charge in [-0.25, -0.2) is 16.8 Å². The second-order valence-electron chi connectivity index (χ2n) is 7.37. The van der Waals surface area contributed by atoms with E-state index in [0.29, 0.717) is 11.3 Å². The van der Waals surface area contributed by atoms with Gasteiger partial charge in [-0.3, -0.25) is 14.2 Å². The van der Waals surface area contributed by atoms with Crippen LogP contribution in [-0.4, -0.2) is 34.2 Å². The third-order valence-corrected chi connectivity index (χ3v) is 7.61. The molecule has 0 aromatic heterocycles. The van der Waals surface area contributed by atoms with Crippen molar-refractivity contribution in [3.63, 3.8) is 0 Å². The first-order valence-electron chi connectivity index (χ1n) is 10.1. The van der Waals surface area contributed by atoms with Gasteiger partial charge in [-0.15, -0.1) is 0 Å². The number of hydrazone groups is 1. The zero-order valence-electron chi connectivity index (χ0n) is 18.4. The molecule has 0 aliphatic heterocycles. The Labute approximate surface area is 202 Å². The summed E-state index contributed by atoms with van der Waals surface area (Å²) in [6.07, 6.45) is 1.19. The van der Waals surface area contributed by atoms with E-state index in [0.717, 1.165) is 0 Å². The van der Waals surface area contributed by atoms with Gasteiger partial charge in [0.15, 0.2) is 0 Å². The lowest BCUT2D eigenvalue weighted by molar-refractivity contribution is -0.138. The molecule has 184 valence electrons. The van der Waals surface area contributed by atoms with Crippen LogP contribution in [0.4, 0.5) is 17.1 Å². The number of carboxylic acids is 1. The van der Waals surface area contributed by atoms with E-state index in [2.05, 4.69) is 19.9 Å². The third-order valence-electron chi connectivity index (χ3n) is 4.86. The van der Waals surface area contributed by atoms with E-state index >= 15 is 0 Å². The predicted molar refractivity (Wildman–Crippen MR) is 133 cm³/mol. The highest BCUT2D eigenvalue weighted by Crippen LogP contribution is 2.25. The molecule has 0 saturated carbocycles. The fraction of sp³-hybridized carbons (Fsp3) is 0.0909. The highest BCUT2D eigenvalue weighted by atomic mass is 32.2. The lowest BCUT2D eigenvalue weighted by atomic mass is 10.0. The van der Waals surface area contributed by atoms with Crippen molar-refractivity contribution in [1.29, 1.82) is 0 Å². The summed E-state index contributed by atoms with van der Waals surface area (Å²) in [5.74, 6) is 3.16. The molecule has 1 atom stereocenters. The minimum absolute atomic E-state index is 0.0306. The Kier molecular flexibility index (Phi) is 7.62. The fourth-order valence-corrected chi connectivity index (χ4v) is 5.22. The van der Waals surface area contributed by atoms with Crippen molar-refractivity contribution >= 4 is 49.4 Å². The third kappa shape index (κ3) is 6.49. The molecule has 35 heavy (non-hydrogen) atoms. The van der Waals surface area contributed by atoms with E-state index in [4.69, 9.17) is 5.84 Å². The topological polar surface area (TPSA) is 180 Å². The molecule has 1 unspecified atom stereocenters. The van der Waals surface area contributed by atoms with E-state index in [9.17, 15) is 26.7 Å². The van der Waals surface area contributed by atoms with Gasteiger partial charge in [-0.2, -0.15) is 5.10 Å². The Hall–Kier alpha value is -4.10. The van der Waals surface area contributed by atoms with Crippen molar-refractivity contribution in [3.8, 4) is 0 Å². The molecule has 0 aliphatic rings. The Morgan fingerprint density at radius 1 is 0.857 bits per heavy atom. The summed E-state index contributed by atoms with van der Waals surface area (Å²) in [7, 11) is -8.15. The van der Waals surface area contributed by atoms with E-state index < -0.39 is 31.9 Å². The van der Waals surface area contributed by atoms with Gasteiger partial charge in [0.1, 0.15) is 6.34 Å². The zero-order valence-corrected chi connectivity index (χ0v) is 20.0. The quantitative estimate of drug-likeness (QED) is 0.118.